The van der Waals surface area contributed by atoms with Crippen molar-refractivity contribution in [3.05, 3.63) is 63.9 Å². The van der Waals surface area contributed by atoms with Crippen LogP contribution in [0.4, 0.5) is 0 Å². The third-order valence-corrected chi connectivity index (χ3v) is 4.70. The lowest BCUT2D eigenvalue weighted by Gasteiger charge is -2.08. The summed E-state index contributed by atoms with van der Waals surface area (Å²) >= 11 is 2.31. The maximum atomic E-state index is 4.43. The SMILES string of the molecule is CCc1cn2c(-c3ccc(I)cc3)nnc2c2ccccc12. The van der Waals surface area contributed by atoms with Gasteiger partial charge in [-0.2, -0.15) is 0 Å². The number of rotatable bonds is 2. The van der Waals surface area contributed by atoms with Crippen molar-refractivity contribution in [1.29, 1.82) is 0 Å². The Morgan fingerprint density at radius 2 is 1.68 bits per heavy atom. The molecule has 0 saturated heterocycles. The number of pyridine rings is 1. The Bertz CT molecular complexity index is 971. The topological polar surface area (TPSA) is 30.2 Å². The van der Waals surface area contributed by atoms with Crippen molar-refractivity contribution in [3.8, 4) is 11.4 Å². The average Bonchev–Trinajstić information content (AvgIpc) is 2.99. The van der Waals surface area contributed by atoms with Crippen LogP contribution in [-0.2, 0) is 6.42 Å². The molecule has 0 unspecified atom stereocenters. The number of halogens is 1. The highest BCUT2D eigenvalue weighted by Crippen LogP contribution is 2.27. The Morgan fingerprint density at radius 3 is 2.41 bits per heavy atom. The van der Waals surface area contributed by atoms with Gasteiger partial charge in [-0.05, 0) is 52.1 Å². The van der Waals surface area contributed by atoms with Crippen LogP contribution in [-0.4, -0.2) is 14.6 Å². The van der Waals surface area contributed by atoms with E-state index in [0.717, 1.165) is 28.8 Å². The molecule has 3 nitrogen and oxygen atoms in total. The molecule has 0 N–H and O–H groups in total. The number of hydrogen-bond acceptors (Lipinski definition) is 2. The minimum Gasteiger partial charge on any atom is -0.282 e. The first-order valence-corrected chi connectivity index (χ1v) is 8.37. The first kappa shape index (κ1) is 13.7. The molecule has 0 aliphatic carbocycles. The molecule has 108 valence electrons. The van der Waals surface area contributed by atoms with Gasteiger partial charge in [-0.25, -0.2) is 0 Å². The Labute approximate surface area is 142 Å². The minimum absolute atomic E-state index is 0.895. The van der Waals surface area contributed by atoms with Gasteiger partial charge in [0.15, 0.2) is 11.5 Å². The Morgan fingerprint density at radius 1 is 0.955 bits per heavy atom. The van der Waals surface area contributed by atoms with E-state index in [1.807, 2.05) is 0 Å². The van der Waals surface area contributed by atoms with Gasteiger partial charge >= 0.3 is 0 Å². The second kappa shape index (κ2) is 5.35. The fraction of sp³-hybridized carbons (Fsp3) is 0.111. The molecule has 4 aromatic rings. The third-order valence-electron chi connectivity index (χ3n) is 3.98. The summed E-state index contributed by atoms with van der Waals surface area (Å²) in [6.07, 6.45) is 3.16. The molecule has 0 amide bonds. The lowest BCUT2D eigenvalue weighted by Crippen LogP contribution is -1.95. The highest BCUT2D eigenvalue weighted by atomic mass is 127. The molecule has 0 aliphatic heterocycles. The fourth-order valence-electron chi connectivity index (χ4n) is 2.86. The first-order chi connectivity index (χ1) is 10.8. The smallest absolute Gasteiger partial charge is 0.168 e. The van der Waals surface area contributed by atoms with Crippen LogP contribution in [0.25, 0.3) is 27.8 Å². The first-order valence-electron chi connectivity index (χ1n) is 7.29. The number of aromatic nitrogens is 3. The summed E-state index contributed by atoms with van der Waals surface area (Å²) in [5.74, 6) is 0.895. The van der Waals surface area contributed by atoms with E-state index in [1.54, 1.807) is 0 Å². The van der Waals surface area contributed by atoms with Crippen molar-refractivity contribution < 1.29 is 0 Å². The lowest BCUT2D eigenvalue weighted by atomic mass is 10.1. The van der Waals surface area contributed by atoms with E-state index in [0.29, 0.717) is 0 Å². The number of benzene rings is 2. The van der Waals surface area contributed by atoms with Crippen LogP contribution in [0.2, 0.25) is 0 Å². The zero-order valence-electron chi connectivity index (χ0n) is 12.1. The van der Waals surface area contributed by atoms with Crippen LogP contribution in [0.5, 0.6) is 0 Å². The summed E-state index contributed by atoms with van der Waals surface area (Å²) in [6, 6.07) is 16.8. The van der Waals surface area contributed by atoms with Gasteiger partial charge in [0, 0.05) is 20.7 Å². The van der Waals surface area contributed by atoms with E-state index in [2.05, 4.69) is 98.8 Å². The molecule has 0 bridgehead atoms. The minimum atomic E-state index is 0.895. The van der Waals surface area contributed by atoms with E-state index in [-0.39, 0.29) is 0 Å². The summed E-state index contributed by atoms with van der Waals surface area (Å²) in [6.45, 7) is 2.18. The summed E-state index contributed by atoms with van der Waals surface area (Å²) in [4.78, 5) is 0. The monoisotopic (exact) mass is 399 g/mol. The molecule has 2 heterocycles. The third kappa shape index (κ3) is 2.09. The predicted octanol–water partition coefficient (Wildman–Crippen LogP) is 4.72. The normalized spacial score (nSPS) is 11.4. The van der Waals surface area contributed by atoms with E-state index in [4.69, 9.17) is 0 Å². The Hall–Kier alpha value is -1.95. The van der Waals surface area contributed by atoms with Gasteiger partial charge in [0.05, 0.1) is 0 Å². The van der Waals surface area contributed by atoms with Crippen molar-refractivity contribution in [2.75, 3.05) is 0 Å². The largest absolute Gasteiger partial charge is 0.282 e. The molecule has 4 heteroatoms. The van der Waals surface area contributed by atoms with Crippen LogP contribution in [0, 0.1) is 3.57 Å². The van der Waals surface area contributed by atoms with E-state index in [1.165, 1.54) is 14.5 Å². The molecule has 0 spiro atoms. The molecular formula is C18H14IN3. The van der Waals surface area contributed by atoms with Crippen molar-refractivity contribution in [2.45, 2.75) is 13.3 Å². The standard InChI is InChI=1S/C18H14IN3/c1-2-12-11-22-17(13-7-9-14(19)10-8-13)20-21-18(22)16-6-4-3-5-15(12)16/h3-11H,2H2,1H3. The van der Waals surface area contributed by atoms with Gasteiger partial charge in [-0.15, -0.1) is 10.2 Å². The van der Waals surface area contributed by atoms with Crippen LogP contribution < -0.4 is 0 Å². The van der Waals surface area contributed by atoms with Crippen LogP contribution in [0.1, 0.15) is 12.5 Å². The molecule has 2 aromatic carbocycles. The highest BCUT2D eigenvalue weighted by molar-refractivity contribution is 14.1. The summed E-state index contributed by atoms with van der Waals surface area (Å²) < 4.78 is 3.33. The molecule has 22 heavy (non-hydrogen) atoms. The summed E-state index contributed by atoms with van der Waals surface area (Å²) in [7, 11) is 0. The molecule has 4 rings (SSSR count). The second-order valence-corrected chi connectivity index (χ2v) is 6.52. The quantitative estimate of drug-likeness (QED) is 0.457. The summed E-state index contributed by atoms with van der Waals surface area (Å²) in [5, 5.41) is 11.3. The van der Waals surface area contributed by atoms with Crippen molar-refractivity contribution >= 4 is 39.0 Å². The van der Waals surface area contributed by atoms with E-state index in [9.17, 15) is 0 Å². The number of nitrogens with zero attached hydrogens (tertiary/aromatic N) is 3. The highest BCUT2D eigenvalue weighted by Gasteiger charge is 2.12. The molecule has 0 saturated carbocycles. The zero-order chi connectivity index (χ0) is 15.1. The molecule has 0 radical (unpaired) electrons. The second-order valence-electron chi connectivity index (χ2n) is 5.28. The van der Waals surface area contributed by atoms with E-state index < -0.39 is 0 Å². The van der Waals surface area contributed by atoms with E-state index >= 15 is 0 Å². The number of fused-ring (bicyclic) bond motifs is 3. The maximum absolute atomic E-state index is 4.43. The van der Waals surface area contributed by atoms with Gasteiger partial charge in [0.2, 0.25) is 0 Å². The fourth-order valence-corrected chi connectivity index (χ4v) is 3.22. The average molecular weight is 399 g/mol. The van der Waals surface area contributed by atoms with Gasteiger partial charge in [0.1, 0.15) is 0 Å². The Balaban J connectivity index is 2.06. The Kier molecular flexibility index (Phi) is 3.33. The van der Waals surface area contributed by atoms with Gasteiger partial charge in [-0.1, -0.05) is 43.3 Å². The van der Waals surface area contributed by atoms with Gasteiger partial charge < -0.3 is 0 Å². The van der Waals surface area contributed by atoms with Crippen molar-refractivity contribution in [2.24, 2.45) is 0 Å². The molecular weight excluding hydrogens is 385 g/mol. The molecule has 0 atom stereocenters. The number of hydrogen-bond donors (Lipinski definition) is 0. The maximum Gasteiger partial charge on any atom is 0.168 e. The number of aryl methyl sites for hydroxylation is 1. The zero-order valence-corrected chi connectivity index (χ0v) is 14.3. The van der Waals surface area contributed by atoms with Crippen LogP contribution in [0.3, 0.4) is 0 Å². The summed E-state index contributed by atoms with van der Waals surface area (Å²) in [5.41, 5.74) is 3.32. The van der Waals surface area contributed by atoms with Crippen molar-refractivity contribution in [3.63, 3.8) is 0 Å². The van der Waals surface area contributed by atoms with Gasteiger partial charge in [0.25, 0.3) is 0 Å². The van der Waals surface area contributed by atoms with Crippen molar-refractivity contribution in [1.82, 2.24) is 14.6 Å². The molecule has 2 aromatic heterocycles. The van der Waals surface area contributed by atoms with Gasteiger partial charge in [-0.3, -0.25) is 4.40 Å². The molecule has 0 aliphatic rings. The predicted molar refractivity (Wildman–Crippen MR) is 98.0 cm³/mol. The van der Waals surface area contributed by atoms with Crippen LogP contribution >= 0.6 is 22.6 Å². The molecule has 0 fully saturated rings. The lowest BCUT2D eigenvalue weighted by molar-refractivity contribution is 1.08. The van der Waals surface area contributed by atoms with Crippen LogP contribution in [0.15, 0.2) is 54.7 Å².